The number of ether oxygens (including phenoxy) is 1. The third-order valence-corrected chi connectivity index (χ3v) is 1.27. The SMILES string of the molecule is CC(=O)OC(=O)[C@H](N)CCCN. The summed E-state index contributed by atoms with van der Waals surface area (Å²) in [6.07, 6.45) is 1.09. The van der Waals surface area contributed by atoms with Crippen molar-refractivity contribution in [3.05, 3.63) is 0 Å². The van der Waals surface area contributed by atoms with Gasteiger partial charge >= 0.3 is 11.9 Å². The van der Waals surface area contributed by atoms with E-state index in [1.165, 1.54) is 0 Å². The van der Waals surface area contributed by atoms with Gasteiger partial charge in [0.2, 0.25) is 0 Å². The highest BCUT2D eigenvalue weighted by molar-refractivity contribution is 5.87. The summed E-state index contributed by atoms with van der Waals surface area (Å²) in [5.41, 5.74) is 10.6. The summed E-state index contributed by atoms with van der Waals surface area (Å²) in [6.45, 7) is 1.63. The van der Waals surface area contributed by atoms with E-state index in [4.69, 9.17) is 11.5 Å². The summed E-state index contributed by atoms with van der Waals surface area (Å²) in [5, 5.41) is 0. The Kier molecular flexibility index (Phi) is 5.23. The second-order valence-corrected chi connectivity index (χ2v) is 2.45. The molecule has 0 amide bonds. The van der Waals surface area contributed by atoms with Gasteiger partial charge in [0.25, 0.3) is 0 Å². The number of esters is 2. The second-order valence-electron chi connectivity index (χ2n) is 2.45. The van der Waals surface area contributed by atoms with E-state index in [-0.39, 0.29) is 0 Å². The maximum atomic E-state index is 10.9. The Hall–Kier alpha value is -0.940. The van der Waals surface area contributed by atoms with Crippen LogP contribution in [0.1, 0.15) is 19.8 Å². The average Bonchev–Trinajstić information content (AvgIpc) is 1.98. The first-order chi connectivity index (χ1) is 5.57. The first-order valence-electron chi connectivity index (χ1n) is 3.76. The van der Waals surface area contributed by atoms with Crippen LogP contribution in [0.25, 0.3) is 0 Å². The Balaban J connectivity index is 3.69. The Bertz CT molecular complexity index is 170. The largest absolute Gasteiger partial charge is 0.392 e. The lowest BCUT2D eigenvalue weighted by molar-refractivity contribution is -0.159. The van der Waals surface area contributed by atoms with E-state index in [9.17, 15) is 9.59 Å². The van der Waals surface area contributed by atoms with Gasteiger partial charge < -0.3 is 16.2 Å². The Morgan fingerprint density at radius 3 is 2.50 bits per heavy atom. The first kappa shape index (κ1) is 11.1. The quantitative estimate of drug-likeness (QED) is 0.427. The summed E-state index contributed by atoms with van der Waals surface area (Å²) in [4.78, 5) is 21.2. The summed E-state index contributed by atoms with van der Waals surface area (Å²) in [7, 11) is 0. The van der Waals surface area contributed by atoms with Crippen molar-refractivity contribution < 1.29 is 14.3 Å². The molecule has 0 bridgehead atoms. The Morgan fingerprint density at radius 1 is 1.50 bits per heavy atom. The highest BCUT2D eigenvalue weighted by Gasteiger charge is 2.15. The fraction of sp³-hybridized carbons (Fsp3) is 0.714. The normalized spacial score (nSPS) is 12.2. The van der Waals surface area contributed by atoms with E-state index in [0.29, 0.717) is 19.4 Å². The van der Waals surface area contributed by atoms with Crippen molar-refractivity contribution in [3.8, 4) is 0 Å². The zero-order chi connectivity index (χ0) is 9.56. The minimum Gasteiger partial charge on any atom is -0.392 e. The van der Waals surface area contributed by atoms with Crippen molar-refractivity contribution in [1.29, 1.82) is 0 Å². The third-order valence-electron chi connectivity index (χ3n) is 1.27. The van der Waals surface area contributed by atoms with Crippen LogP contribution in [-0.4, -0.2) is 24.5 Å². The summed E-state index contributed by atoms with van der Waals surface area (Å²) in [5.74, 6) is -1.32. The fourth-order valence-electron chi connectivity index (χ4n) is 0.673. The summed E-state index contributed by atoms with van der Waals surface area (Å²) < 4.78 is 4.27. The molecule has 4 N–H and O–H groups in total. The van der Waals surface area contributed by atoms with E-state index < -0.39 is 18.0 Å². The first-order valence-corrected chi connectivity index (χ1v) is 3.76. The predicted molar refractivity (Wildman–Crippen MR) is 43.0 cm³/mol. The van der Waals surface area contributed by atoms with Crippen LogP contribution in [0.3, 0.4) is 0 Å². The van der Waals surface area contributed by atoms with E-state index in [1.54, 1.807) is 0 Å². The molecular formula is C7H14N2O3. The highest BCUT2D eigenvalue weighted by atomic mass is 16.6. The van der Waals surface area contributed by atoms with Crippen LogP contribution < -0.4 is 11.5 Å². The van der Waals surface area contributed by atoms with Gasteiger partial charge in [-0.3, -0.25) is 4.79 Å². The van der Waals surface area contributed by atoms with Gasteiger partial charge in [-0.1, -0.05) is 0 Å². The van der Waals surface area contributed by atoms with Gasteiger partial charge in [0, 0.05) is 6.92 Å². The number of nitrogens with two attached hydrogens (primary N) is 2. The lowest BCUT2D eigenvalue weighted by Crippen LogP contribution is -2.33. The standard InChI is InChI=1S/C7H14N2O3/c1-5(10)12-7(11)6(9)3-2-4-8/h6H,2-4,8-9H2,1H3/t6-/m1/s1. The van der Waals surface area contributed by atoms with E-state index in [2.05, 4.69) is 4.74 Å². The average molecular weight is 174 g/mol. The van der Waals surface area contributed by atoms with Crippen molar-refractivity contribution in [1.82, 2.24) is 0 Å². The van der Waals surface area contributed by atoms with Gasteiger partial charge in [0.15, 0.2) is 0 Å². The molecule has 0 aromatic heterocycles. The molecule has 0 radical (unpaired) electrons. The van der Waals surface area contributed by atoms with Gasteiger partial charge in [-0.25, -0.2) is 4.79 Å². The Labute approximate surface area is 71.0 Å². The van der Waals surface area contributed by atoms with Crippen LogP contribution in [-0.2, 0) is 14.3 Å². The van der Waals surface area contributed by atoms with Gasteiger partial charge in [-0.2, -0.15) is 0 Å². The molecule has 1 atom stereocenters. The van der Waals surface area contributed by atoms with E-state index in [1.807, 2.05) is 0 Å². The monoisotopic (exact) mass is 174 g/mol. The van der Waals surface area contributed by atoms with Crippen molar-refractivity contribution >= 4 is 11.9 Å². The topological polar surface area (TPSA) is 95.4 Å². The lowest BCUT2D eigenvalue weighted by Gasteiger charge is -2.07. The molecule has 0 spiro atoms. The van der Waals surface area contributed by atoms with Crippen LogP contribution >= 0.6 is 0 Å². The molecule has 0 heterocycles. The van der Waals surface area contributed by atoms with Gasteiger partial charge in [-0.05, 0) is 19.4 Å². The maximum Gasteiger partial charge on any atom is 0.330 e. The Morgan fingerprint density at radius 2 is 2.08 bits per heavy atom. The molecule has 0 aromatic carbocycles. The molecule has 0 aliphatic rings. The minimum atomic E-state index is -0.738. The van der Waals surface area contributed by atoms with Crippen LogP contribution in [0.2, 0.25) is 0 Å². The number of hydrogen-bond acceptors (Lipinski definition) is 5. The molecule has 0 aliphatic carbocycles. The van der Waals surface area contributed by atoms with Gasteiger partial charge in [0.05, 0.1) is 0 Å². The number of carbonyl (C=O) groups excluding carboxylic acids is 2. The molecule has 0 saturated heterocycles. The van der Waals surface area contributed by atoms with Crippen molar-refractivity contribution in [3.63, 3.8) is 0 Å². The third kappa shape index (κ3) is 4.81. The molecule has 0 aromatic rings. The van der Waals surface area contributed by atoms with Gasteiger partial charge in [0.1, 0.15) is 6.04 Å². The van der Waals surface area contributed by atoms with Gasteiger partial charge in [-0.15, -0.1) is 0 Å². The molecule has 0 aliphatic heterocycles. The molecule has 0 rings (SSSR count). The molecule has 70 valence electrons. The van der Waals surface area contributed by atoms with Crippen molar-refractivity contribution in [2.75, 3.05) is 6.54 Å². The highest BCUT2D eigenvalue weighted by Crippen LogP contribution is 1.95. The molecule has 0 saturated carbocycles. The number of carbonyl (C=O) groups is 2. The molecule has 0 fully saturated rings. The zero-order valence-corrected chi connectivity index (χ0v) is 7.08. The molecule has 0 unspecified atom stereocenters. The fourth-order valence-corrected chi connectivity index (χ4v) is 0.673. The molecular weight excluding hydrogens is 160 g/mol. The lowest BCUT2D eigenvalue weighted by atomic mass is 10.2. The summed E-state index contributed by atoms with van der Waals surface area (Å²) in [6, 6.07) is -0.738. The molecule has 12 heavy (non-hydrogen) atoms. The summed E-state index contributed by atoms with van der Waals surface area (Å²) >= 11 is 0. The molecule has 5 heteroatoms. The number of rotatable bonds is 4. The van der Waals surface area contributed by atoms with E-state index >= 15 is 0 Å². The van der Waals surface area contributed by atoms with Crippen LogP contribution in [0.5, 0.6) is 0 Å². The van der Waals surface area contributed by atoms with Crippen molar-refractivity contribution in [2.24, 2.45) is 11.5 Å². The van der Waals surface area contributed by atoms with Crippen LogP contribution in [0.15, 0.2) is 0 Å². The van der Waals surface area contributed by atoms with Crippen LogP contribution in [0.4, 0.5) is 0 Å². The maximum absolute atomic E-state index is 10.9. The van der Waals surface area contributed by atoms with Crippen LogP contribution in [0, 0.1) is 0 Å². The minimum absolute atomic E-state index is 0.447. The van der Waals surface area contributed by atoms with E-state index in [0.717, 1.165) is 6.92 Å². The predicted octanol–water partition coefficient (Wildman–Crippen LogP) is -0.858. The smallest absolute Gasteiger partial charge is 0.330 e. The number of hydrogen-bond donors (Lipinski definition) is 2. The molecule has 5 nitrogen and oxygen atoms in total. The van der Waals surface area contributed by atoms with Crippen molar-refractivity contribution in [2.45, 2.75) is 25.8 Å². The zero-order valence-electron chi connectivity index (χ0n) is 7.08. The second kappa shape index (κ2) is 5.68.